The van der Waals surface area contributed by atoms with Crippen LogP contribution < -0.4 is 5.32 Å². The van der Waals surface area contributed by atoms with Gasteiger partial charge in [0.1, 0.15) is 12.2 Å². The summed E-state index contributed by atoms with van der Waals surface area (Å²) in [6.45, 7) is 6.52. The molecule has 1 atom stereocenters. The normalized spacial score (nSPS) is 21.8. The molecule has 1 aromatic rings. The topological polar surface area (TPSA) is 46.0 Å². The van der Waals surface area contributed by atoms with E-state index in [-0.39, 0.29) is 0 Å². The predicted octanol–water partition coefficient (Wildman–Crippen LogP) is 0.389. The first-order valence-corrected chi connectivity index (χ1v) is 6.09. The number of hydrogen-bond donors (Lipinski definition) is 1. The molecule has 1 fully saturated rings. The fourth-order valence-corrected chi connectivity index (χ4v) is 2.37. The molecular formula is C11H21N5. The van der Waals surface area contributed by atoms with Crippen LogP contribution in [0.15, 0.2) is 6.33 Å². The molecule has 1 unspecified atom stereocenters. The lowest BCUT2D eigenvalue weighted by atomic mass is 10.2. The highest BCUT2D eigenvalue weighted by atomic mass is 15.3. The van der Waals surface area contributed by atoms with E-state index in [2.05, 4.69) is 27.2 Å². The smallest absolute Gasteiger partial charge is 0.140 e. The Morgan fingerprint density at radius 2 is 2.44 bits per heavy atom. The lowest BCUT2D eigenvalue weighted by Crippen LogP contribution is -2.37. The van der Waals surface area contributed by atoms with Crippen LogP contribution in [-0.2, 0) is 13.6 Å². The molecule has 0 amide bonds. The summed E-state index contributed by atoms with van der Waals surface area (Å²) in [6.07, 6.45) is 4.26. The van der Waals surface area contributed by atoms with Gasteiger partial charge in [0.25, 0.3) is 0 Å². The summed E-state index contributed by atoms with van der Waals surface area (Å²) in [7, 11) is 1.93. The Hall–Kier alpha value is -0.940. The van der Waals surface area contributed by atoms with Gasteiger partial charge in [0.2, 0.25) is 0 Å². The Balaban J connectivity index is 1.74. The van der Waals surface area contributed by atoms with E-state index >= 15 is 0 Å². The Kier molecular flexibility index (Phi) is 3.90. The second-order valence-electron chi connectivity index (χ2n) is 4.36. The molecule has 90 valence electrons. The summed E-state index contributed by atoms with van der Waals surface area (Å²) in [5.74, 6) is 1.00. The van der Waals surface area contributed by atoms with E-state index in [9.17, 15) is 0 Å². The highest BCUT2D eigenvalue weighted by Crippen LogP contribution is 2.15. The van der Waals surface area contributed by atoms with Crippen molar-refractivity contribution in [1.82, 2.24) is 25.0 Å². The van der Waals surface area contributed by atoms with Gasteiger partial charge in [0.05, 0.1) is 6.54 Å². The van der Waals surface area contributed by atoms with Crippen molar-refractivity contribution in [2.24, 2.45) is 7.05 Å². The number of nitrogens with one attached hydrogen (secondary N) is 1. The summed E-state index contributed by atoms with van der Waals surface area (Å²) in [5, 5.41) is 7.52. The molecule has 0 bridgehead atoms. The van der Waals surface area contributed by atoms with Crippen LogP contribution in [-0.4, -0.2) is 45.3 Å². The van der Waals surface area contributed by atoms with Gasteiger partial charge in [0.15, 0.2) is 0 Å². The third-order valence-electron chi connectivity index (χ3n) is 3.37. The first kappa shape index (κ1) is 11.5. The number of likely N-dealkylation sites (tertiary alicyclic amines) is 1. The van der Waals surface area contributed by atoms with Crippen molar-refractivity contribution in [3.8, 4) is 0 Å². The van der Waals surface area contributed by atoms with Crippen LogP contribution >= 0.6 is 0 Å². The van der Waals surface area contributed by atoms with E-state index < -0.39 is 0 Å². The highest BCUT2D eigenvalue weighted by molar-refractivity contribution is 4.85. The molecule has 2 rings (SSSR count). The second kappa shape index (κ2) is 5.41. The van der Waals surface area contributed by atoms with Crippen LogP contribution in [0.2, 0.25) is 0 Å². The first-order chi connectivity index (χ1) is 7.81. The molecule has 1 N–H and O–H groups in total. The van der Waals surface area contributed by atoms with Gasteiger partial charge in [-0.05, 0) is 25.9 Å². The van der Waals surface area contributed by atoms with Crippen LogP contribution in [0.3, 0.4) is 0 Å². The van der Waals surface area contributed by atoms with E-state index in [1.54, 1.807) is 6.33 Å². The summed E-state index contributed by atoms with van der Waals surface area (Å²) in [6, 6.07) is 0.707. The van der Waals surface area contributed by atoms with E-state index in [1.807, 2.05) is 11.7 Å². The van der Waals surface area contributed by atoms with E-state index in [1.165, 1.54) is 19.4 Å². The van der Waals surface area contributed by atoms with Gasteiger partial charge in [-0.3, -0.25) is 9.58 Å². The van der Waals surface area contributed by atoms with Crippen LogP contribution in [0.5, 0.6) is 0 Å². The Morgan fingerprint density at radius 3 is 3.12 bits per heavy atom. The molecule has 1 saturated heterocycles. The van der Waals surface area contributed by atoms with Crippen molar-refractivity contribution >= 4 is 0 Å². The van der Waals surface area contributed by atoms with Gasteiger partial charge in [-0.2, -0.15) is 5.10 Å². The van der Waals surface area contributed by atoms with Crippen LogP contribution in [0, 0.1) is 0 Å². The zero-order valence-electron chi connectivity index (χ0n) is 10.2. The minimum atomic E-state index is 0.707. The van der Waals surface area contributed by atoms with Gasteiger partial charge in [-0.25, -0.2) is 4.98 Å². The molecule has 1 aliphatic rings. The third-order valence-corrected chi connectivity index (χ3v) is 3.37. The van der Waals surface area contributed by atoms with Gasteiger partial charge < -0.3 is 5.32 Å². The van der Waals surface area contributed by atoms with E-state index in [0.29, 0.717) is 6.04 Å². The minimum Gasteiger partial charge on any atom is -0.308 e. The lowest BCUT2D eigenvalue weighted by molar-refractivity contribution is 0.259. The van der Waals surface area contributed by atoms with Crippen LogP contribution in [0.4, 0.5) is 0 Å². The number of nitrogens with zero attached hydrogens (tertiary/aromatic N) is 4. The second-order valence-corrected chi connectivity index (χ2v) is 4.36. The maximum Gasteiger partial charge on any atom is 0.140 e. The maximum absolute atomic E-state index is 4.19. The third kappa shape index (κ3) is 2.59. The summed E-state index contributed by atoms with van der Waals surface area (Å²) in [5.41, 5.74) is 0. The molecule has 1 aliphatic heterocycles. The average molecular weight is 223 g/mol. The molecule has 16 heavy (non-hydrogen) atoms. The van der Waals surface area contributed by atoms with Crippen molar-refractivity contribution in [2.75, 3.05) is 19.6 Å². The largest absolute Gasteiger partial charge is 0.308 e. The molecule has 1 aromatic heterocycles. The van der Waals surface area contributed by atoms with Crippen LogP contribution in [0.25, 0.3) is 0 Å². The molecule has 0 radical (unpaired) electrons. The first-order valence-electron chi connectivity index (χ1n) is 6.09. The molecule has 0 spiro atoms. The average Bonchev–Trinajstić information content (AvgIpc) is 2.88. The SMILES string of the molecule is CCN1CCCC1CNCc1ncnn1C. The Morgan fingerprint density at radius 1 is 1.56 bits per heavy atom. The standard InChI is InChI=1S/C11H21N5/c1-3-16-6-4-5-10(16)7-12-8-11-13-9-14-15(11)2/h9-10,12H,3-8H2,1-2H3. The maximum atomic E-state index is 4.19. The van der Waals surface area contributed by atoms with Gasteiger partial charge in [-0.15, -0.1) is 0 Å². The van der Waals surface area contributed by atoms with E-state index in [0.717, 1.165) is 25.5 Å². The summed E-state index contributed by atoms with van der Waals surface area (Å²) < 4.78 is 1.82. The number of aromatic nitrogens is 3. The van der Waals surface area contributed by atoms with Crippen molar-refractivity contribution in [2.45, 2.75) is 32.4 Å². The van der Waals surface area contributed by atoms with Crippen molar-refractivity contribution in [3.63, 3.8) is 0 Å². The van der Waals surface area contributed by atoms with Crippen molar-refractivity contribution in [3.05, 3.63) is 12.2 Å². The molecule has 5 heteroatoms. The van der Waals surface area contributed by atoms with Crippen molar-refractivity contribution in [1.29, 1.82) is 0 Å². The van der Waals surface area contributed by atoms with Gasteiger partial charge in [0, 0.05) is 19.6 Å². The number of aryl methyl sites for hydroxylation is 1. The number of likely N-dealkylation sites (N-methyl/N-ethyl adjacent to an activating group) is 1. The van der Waals surface area contributed by atoms with Crippen molar-refractivity contribution < 1.29 is 0 Å². The zero-order chi connectivity index (χ0) is 11.4. The minimum absolute atomic E-state index is 0.707. The molecule has 5 nitrogen and oxygen atoms in total. The molecule has 0 aromatic carbocycles. The lowest BCUT2D eigenvalue weighted by Gasteiger charge is -2.22. The van der Waals surface area contributed by atoms with Gasteiger partial charge >= 0.3 is 0 Å². The predicted molar refractivity (Wildman–Crippen MR) is 63.0 cm³/mol. The number of rotatable bonds is 5. The van der Waals surface area contributed by atoms with Crippen LogP contribution in [0.1, 0.15) is 25.6 Å². The fraction of sp³-hybridized carbons (Fsp3) is 0.818. The Bertz CT molecular complexity index is 322. The quantitative estimate of drug-likeness (QED) is 0.784. The summed E-state index contributed by atoms with van der Waals surface area (Å²) in [4.78, 5) is 6.74. The molecule has 0 saturated carbocycles. The molecule has 0 aliphatic carbocycles. The number of hydrogen-bond acceptors (Lipinski definition) is 4. The highest BCUT2D eigenvalue weighted by Gasteiger charge is 2.22. The molecular weight excluding hydrogens is 202 g/mol. The van der Waals surface area contributed by atoms with E-state index in [4.69, 9.17) is 0 Å². The fourth-order valence-electron chi connectivity index (χ4n) is 2.37. The monoisotopic (exact) mass is 223 g/mol. The Labute approximate surface area is 96.8 Å². The zero-order valence-corrected chi connectivity index (χ0v) is 10.2. The molecule has 2 heterocycles. The van der Waals surface area contributed by atoms with Gasteiger partial charge in [-0.1, -0.05) is 6.92 Å². The summed E-state index contributed by atoms with van der Waals surface area (Å²) >= 11 is 0.